The lowest BCUT2D eigenvalue weighted by Crippen LogP contribution is -2.34. The second kappa shape index (κ2) is 4.30. The van der Waals surface area contributed by atoms with E-state index in [1.54, 1.807) is 0 Å². The Hall–Kier alpha value is -0.620. The maximum absolute atomic E-state index is 10.2. The highest BCUT2D eigenvalue weighted by atomic mass is 79.9. The second-order valence-corrected chi connectivity index (χ2v) is 3.09. The zero-order valence-electron chi connectivity index (χ0n) is 5.53. The van der Waals surface area contributed by atoms with Gasteiger partial charge in [-0.2, -0.15) is 0 Å². The number of carboxylic acid groups (broad SMARTS) is 2. The lowest BCUT2D eigenvalue weighted by atomic mass is 10.2. The number of rotatable bonds is 4. The molecule has 0 aromatic carbocycles. The van der Waals surface area contributed by atoms with E-state index in [4.69, 9.17) is 15.9 Å². The van der Waals surface area contributed by atoms with E-state index in [0.717, 1.165) is 0 Å². The van der Waals surface area contributed by atoms with E-state index in [-0.39, 0.29) is 6.42 Å². The van der Waals surface area contributed by atoms with Crippen molar-refractivity contribution in [2.45, 2.75) is 17.3 Å². The smallest absolute Gasteiger partial charge is 0.320 e. The third-order valence-electron chi connectivity index (χ3n) is 1.05. The Morgan fingerprint density at radius 3 is 2.09 bits per heavy atom. The Morgan fingerprint density at radius 1 is 1.36 bits per heavy atom. The normalized spacial score (nSPS) is 15.5. The van der Waals surface area contributed by atoms with Gasteiger partial charge in [-0.1, -0.05) is 15.9 Å². The number of nitrogens with two attached hydrogens (primary N) is 1. The van der Waals surface area contributed by atoms with Crippen LogP contribution in [-0.4, -0.2) is 33.0 Å². The molecule has 0 rings (SSSR count). The SMILES string of the molecule is NC(CC(Br)C(=O)O)C(=O)O. The van der Waals surface area contributed by atoms with Crippen molar-refractivity contribution in [1.29, 1.82) is 0 Å². The van der Waals surface area contributed by atoms with Gasteiger partial charge in [-0.25, -0.2) is 0 Å². The van der Waals surface area contributed by atoms with E-state index < -0.39 is 22.8 Å². The summed E-state index contributed by atoms with van der Waals surface area (Å²) >= 11 is 2.77. The molecule has 0 aliphatic heterocycles. The predicted molar refractivity (Wildman–Crippen MR) is 40.6 cm³/mol. The second-order valence-electron chi connectivity index (χ2n) is 1.99. The number of alkyl halides is 1. The van der Waals surface area contributed by atoms with E-state index in [2.05, 4.69) is 15.9 Å². The fourth-order valence-corrected chi connectivity index (χ4v) is 0.827. The van der Waals surface area contributed by atoms with Crippen LogP contribution in [0.2, 0.25) is 0 Å². The number of halogens is 1. The van der Waals surface area contributed by atoms with Crippen LogP contribution in [-0.2, 0) is 9.59 Å². The highest BCUT2D eigenvalue weighted by molar-refractivity contribution is 9.10. The van der Waals surface area contributed by atoms with Gasteiger partial charge in [-0.15, -0.1) is 0 Å². The van der Waals surface area contributed by atoms with Gasteiger partial charge < -0.3 is 15.9 Å². The van der Waals surface area contributed by atoms with E-state index >= 15 is 0 Å². The third kappa shape index (κ3) is 3.94. The monoisotopic (exact) mass is 225 g/mol. The van der Waals surface area contributed by atoms with Crippen molar-refractivity contribution in [1.82, 2.24) is 0 Å². The molecule has 0 spiro atoms. The number of carbonyl (C=O) groups is 2. The summed E-state index contributed by atoms with van der Waals surface area (Å²) in [6.07, 6.45) is -0.120. The first-order valence-electron chi connectivity index (χ1n) is 2.80. The molecular weight excluding hydrogens is 218 g/mol. The van der Waals surface area contributed by atoms with Crippen LogP contribution in [0.25, 0.3) is 0 Å². The van der Waals surface area contributed by atoms with Crippen LogP contribution in [0.5, 0.6) is 0 Å². The van der Waals surface area contributed by atoms with Crippen LogP contribution in [0.4, 0.5) is 0 Å². The molecule has 0 aliphatic rings. The van der Waals surface area contributed by atoms with E-state index in [1.165, 1.54) is 0 Å². The standard InChI is InChI=1S/C5H8BrNO4/c6-2(4(8)9)1-3(7)5(10)11/h2-3H,1,7H2,(H,8,9)(H,10,11). The van der Waals surface area contributed by atoms with Crippen molar-refractivity contribution >= 4 is 27.9 Å². The lowest BCUT2D eigenvalue weighted by molar-refractivity contribution is -0.139. The van der Waals surface area contributed by atoms with E-state index in [0.29, 0.717) is 0 Å². The summed E-state index contributed by atoms with van der Waals surface area (Å²) in [7, 11) is 0. The predicted octanol–water partition coefficient (Wildman–Crippen LogP) is -0.364. The van der Waals surface area contributed by atoms with Crippen molar-refractivity contribution in [3.63, 3.8) is 0 Å². The van der Waals surface area contributed by atoms with Gasteiger partial charge in [0.1, 0.15) is 10.9 Å². The minimum Gasteiger partial charge on any atom is -0.480 e. The van der Waals surface area contributed by atoms with Gasteiger partial charge in [-0.05, 0) is 6.42 Å². The summed E-state index contributed by atoms with van der Waals surface area (Å²) < 4.78 is 0. The molecule has 2 atom stereocenters. The Morgan fingerprint density at radius 2 is 1.82 bits per heavy atom. The molecule has 0 aliphatic carbocycles. The lowest BCUT2D eigenvalue weighted by Gasteiger charge is -2.07. The maximum Gasteiger partial charge on any atom is 0.320 e. The van der Waals surface area contributed by atoms with E-state index in [9.17, 15) is 9.59 Å². The van der Waals surface area contributed by atoms with E-state index in [1.807, 2.05) is 0 Å². The van der Waals surface area contributed by atoms with Gasteiger partial charge in [0.2, 0.25) is 0 Å². The first-order chi connectivity index (χ1) is 4.95. The van der Waals surface area contributed by atoms with Gasteiger partial charge >= 0.3 is 11.9 Å². The van der Waals surface area contributed by atoms with Crippen molar-refractivity contribution in [3.05, 3.63) is 0 Å². The van der Waals surface area contributed by atoms with Crippen LogP contribution in [0.3, 0.4) is 0 Å². The minimum absolute atomic E-state index is 0.120. The Kier molecular flexibility index (Phi) is 4.06. The van der Waals surface area contributed by atoms with Gasteiger partial charge in [-0.3, -0.25) is 9.59 Å². The fraction of sp³-hybridized carbons (Fsp3) is 0.600. The van der Waals surface area contributed by atoms with Crippen LogP contribution in [0.1, 0.15) is 6.42 Å². The topological polar surface area (TPSA) is 101 Å². The van der Waals surface area contributed by atoms with Gasteiger partial charge in [0.15, 0.2) is 0 Å². The highest BCUT2D eigenvalue weighted by Crippen LogP contribution is 2.07. The molecule has 4 N–H and O–H groups in total. The molecule has 0 aromatic heterocycles. The van der Waals surface area contributed by atoms with Crippen LogP contribution >= 0.6 is 15.9 Å². The summed E-state index contributed by atoms with van der Waals surface area (Å²) in [5.41, 5.74) is 5.06. The molecule has 0 saturated carbocycles. The quantitative estimate of drug-likeness (QED) is 0.568. The molecule has 0 radical (unpaired) electrons. The molecule has 6 heteroatoms. The van der Waals surface area contributed by atoms with Gasteiger partial charge in [0.25, 0.3) is 0 Å². The van der Waals surface area contributed by atoms with Crippen molar-refractivity contribution < 1.29 is 19.8 Å². The molecule has 11 heavy (non-hydrogen) atoms. The molecule has 0 fully saturated rings. The number of hydrogen-bond acceptors (Lipinski definition) is 3. The Bertz CT molecular complexity index is 154. The summed E-state index contributed by atoms with van der Waals surface area (Å²) in [5, 5.41) is 16.6. The average molecular weight is 226 g/mol. The third-order valence-corrected chi connectivity index (χ3v) is 1.81. The molecule has 0 heterocycles. The summed E-state index contributed by atoms with van der Waals surface area (Å²) in [4.78, 5) is 19.4. The Balaban J connectivity index is 3.84. The first kappa shape index (κ1) is 10.4. The molecule has 2 unspecified atom stereocenters. The van der Waals surface area contributed by atoms with Crippen molar-refractivity contribution in [2.24, 2.45) is 5.73 Å². The summed E-state index contributed by atoms with van der Waals surface area (Å²) in [6.45, 7) is 0. The highest BCUT2D eigenvalue weighted by Gasteiger charge is 2.21. The van der Waals surface area contributed by atoms with Gasteiger partial charge in [0.05, 0.1) is 0 Å². The fourth-order valence-electron chi connectivity index (χ4n) is 0.425. The zero-order chi connectivity index (χ0) is 9.02. The summed E-state index contributed by atoms with van der Waals surface area (Å²) in [6, 6.07) is -1.13. The number of hydrogen-bond donors (Lipinski definition) is 3. The van der Waals surface area contributed by atoms with Crippen LogP contribution in [0.15, 0.2) is 0 Å². The maximum atomic E-state index is 10.2. The van der Waals surface area contributed by atoms with Gasteiger partial charge in [0, 0.05) is 0 Å². The molecule has 0 saturated heterocycles. The van der Waals surface area contributed by atoms with Crippen molar-refractivity contribution in [2.75, 3.05) is 0 Å². The molecule has 5 nitrogen and oxygen atoms in total. The number of aliphatic carboxylic acids is 2. The summed E-state index contributed by atoms with van der Waals surface area (Å²) in [5.74, 6) is -2.31. The molecule has 64 valence electrons. The van der Waals surface area contributed by atoms with Crippen LogP contribution in [0, 0.1) is 0 Å². The zero-order valence-corrected chi connectivity index (χ0v) is 7.11. The first-order valence-corrected chi connectivity index (χ1v) is 3.72. The van der Waals surface area contributed by atoms with Crippen LogP contribution < -0.4 is 5.73 Å². The molecule has 0 aromatic rings. The Labute approximate surface area is 71.3 Å². The molecule has 0 amide bonds. The average Bonchev–Trinajstić information content (AvgIpc) is 1.87. The van der Waals surface area contributed by atoms with Crippen molar-refractivity contribution in [3.8, 4) is 0 Å². The minimum atomic E-state index is -1.20. The number of carboxylic acids is 2. The molecular formula is C5H8BrNO4. The largest absolute Gasteiger partial charge is 0.480 e. The molecule has 0 bridgehead atoms.